The van der Waals surface area contributed by atoms with Crippen molar-refractivity contribution in [2.45, 2.75) is 13.8 Å². The number of hydrogen-bond donors (Lipinski definition) is 2. The van der Waals surface area contributed by atoms with Crippen LogP contribution < -0.4 is 5.73 Å². The fraction of sp³-hybridized carbons (Fsp3) is 0.118. The fourth-order valence-electron chi connectivity index (χ4n) is 2.51. The average molecular weight is 262 g/mol. The number of benzene rings is 2. The van der Waals surface area contributed by atoms with Crippen molar-refractivity contribution in [3.63, 3.8) is 0 Å². The minimum atomic E-state index is 0.388. The molecule has 1 heterocycles. The number of anilines is 1. The summed E-state index contributed by atoms with van der Waals surface area (Å²) in [6, 6.07) is 14.7. The van der Waals surface area contributed by atoms with Crippen LogP contribution in [-0.2, 0) is 0 Å². The number of aromatic nitrogens is 2. The molecule has 0 spiro atoms. The maximum absolute atomic E-state index is 5.58. The van der Waals surface area contributed by atoms with E-state index in [-0.39, 0.29) is 0 Å². The van der Waals surface area contributed by atoms with Crippen molar-refractivity contribution in [2.24, 2.45) is 0 Å². The second-order valence-electron chi connectivity index (χ2n) is 4.95. The number of nitrogens with zero attached hydrogens (tertiary/aromatic N) is 1. The number of imidazole rings is 1. The van der Waals surface area contributed by atoms with Gasteiger partial charge in [0.05, 0.1) is 5.69 Å². The molecule has 2 aromatic carbocycles. The predicted octanol–water partition coefficient (Wildman–Crippen LogP) is 3.74. The molecule has 1 radical (unpaired) electrons. The molecule has 3 N–H and O–H groups in total. The van der Waals surface area contributed by atoms with Gasteiger partial charge in [0.15, 0.2) is 5.95 Å². The lowest BCUT2D eigenvalue weighted by molar-refractivity contribution is 1.32. The quantitative estimate of drug-likeness (QED) is 0.739. The lowest BCUT2D eigenvalue weighted by Gasteiger charge is -2.10. The molecule has 1 aromatic heterocycles. The van der Waals surface area contributed by atoms with E-state index in [0.717, 1.165) is 11.3 Å². The van der Waals surface area contributed by atoms with Crippen molar-refractivity contribution in [3.8, 4) is 22.4 Å². The van der Waals surface area contributed by atoms with Crippen molar-refractivity contribution in [1.82, 2.24) is 9.97 Å². The maximum atomic E-state index is 5.58. The molecule has 0 bridgehead atoms. The Morgan fingerprint density at radius 1 is 0.950 bits per heavy atom. The molecule has 0 fully saturated rings. The fourth-order valence-corrected chi connectivity index (χ4v) is 2.51. The molecule has 3 nitrogen and oxygen atoms in total. The highest BCUT2D eigenvalue weighted by atomic mass is 15.0. The standard InChI is InChI=1S/C17H16N3/c1-11-4-3-5-12(2)16(11)14-8-6-13(7-9-14)15-10-19-17(18)20-15/h3-9H,1-2H3,(H3,18,19,20). The summed E-state index contributed by atoms with van der Waals surface area (Å²) in [4.78, 5) is 6.88. The number of aryl methyl sites for hydroxylation is 2. The molecule has 0 atom stereocenters. The van der Waals surface area contributed by atoms with Gasteiger partial charge in [-0.2, -0.15) is 0 Å². The van der Waals surface area contributed by atoms with Crippen LogP contribution in [0.15, 0.2) is 42.5 Å². The Kier molecular flexibility index (Phi) is 3.03. The molecule has 0 aliphatic heterocycles. The predicted molar refractivity (Wildman–Crippen MR) is 82.2 cm³/mol. The Balaban J connectivity index is 2.01. The highest BCUT2D eigenvalue weighted by Crippen LogP contribution is 2.29. The molecule has 0 saturated heterocycles. The third-order valence-electron chi connectivity index (χ3n) is 3.48. The van der Waals surface area contributed by atoms with Gasteiger partial charge < -0.3 is 10.7 Å². The first-order valence-electron chi connectivity index (χ1n) is 6.55. The van der Waals surface area contributed by atoms with Gasteiger partial charge in [0, 0.05) is 5.56 Å². The van der Waals surface area contributed by atoms with Crippen molar-refractivity contribution in [1.29, 1.82) is 0 Å². The van der Waals surface area contributed by atoms with E-state index in [4.69, 9.17) is 5.73 Å². The summed E-state index contributed by atoms with van der Waals surface area (Å²) in [5.41, 5.74) is 12.5. The molecular weight excluding hydrogens is 246 g/mol. The molecule has 3 heteroatoms. The highest BCUT2D eigenvalue weighted by molar-refractivity contribution is 5.73. The van der Waals surface area contributed by atoms with Gasteiger partial charge in [0.1, 0.15) is 6.20 Å². The van der Waals surface area contributed by atoms with E-state index >= 15 is 0 Å². The minimum absolute atomic E-state index is 0.388. The summed E-state index contributed by atoms with van der Waals surface area (Å²) < 4.78 is 0. The van der Waals surface area contributed by atoms with Crippen LogP contribution in [0.5, 0.6) is 0 Å². The summed E-state index contributed by atoms with van der Waals surface area (Å²) >= 11 is 0. The Hall–Kier alpha value is -2.55. The summed E-state index contributed by atoms with van der Waals surface area (Å²) in [5.74, 6) is 0.388. The van der Waals surface area contributed by atoms with Crippen molar-refractivity contribution in [3.05, 3.63) is 59.8 Å². The van der Waals surface area contributed by atoms with Gasteiger partial charge in [-0.3, -0.25) is 0 Å². The van der Waals surface area contributed by atoms with E-state index in [9.17, 15) is 0 Å². The molecule has 0 aliphatic rings. The number of aromatic amines is 1. The molecule has 0 amide bonds. The number of nitrogens with two attached hydrogens (primary N) is 1. The van der Waals surface area contributed by atoms with Gasteiger partial charge in [-0.05, 0) is 36.1 Å². The molecule has 0 aliphatic carbocycles. The topological polar surface area (TPSA) is 54.7 Å². The van der Waals surface area contributed by atoms with Crippen LogP contribution in [-0.4, -0.2) is 9.97 Å². The zero-order chi connectivity index (χ0) is 14.1. The van der Waals surface area contributed by atoms with E-state index in [1.807, 2.05) is 0 Å². The number of H-pyrrole nitrogens is 1. The second-order valence-corrected chi connectivity index (χ2v) is 4.95. The first kappa shape index (κ1) is 12.5. The molecule has 0 unspecified atom stereocenters. The largest absolute Gasteiger partial charge is 0.369 e. The van der Waals surface area contributed by atoms with Gasteiger partial charge in [0.2, 0.25) is 0 Å². The van der Waals surface area contributed by atoms with Crippen LogP contribution in [0.25, 0.3) is 22.4 Å². The zero-order valence-electron chi connectivity index (χ0n) is 11.6. The Labute approximate surface area is 118 Å². The SMILES string of the molecule is Cc1cccc(C)c1-c1ccc(-c2[c]nc(N)[nH]2)cc1. The first-order valence-corrected chi connectivity index (χ1v) is 6.55. The van der Waals surface area contributed by atoms with Gasteiger partial charge in [-0.25, -0.2) is 4.98 Å². The van der Waals surface area contributed by atoms with Crippen molar-refractivity contribution in [2.75, 3.05) is 5.73 Å². The van der Waals surface area contributed by atoms with E-state index in [1.54, 1.807) is 0 Å². The van der Waals surface area contributed by atoms with Crippen molar-refractivity contribution < 1.29 is 0 Å². The normalized spacial score (nSPS) is 10.7. The third-order valence-corrected chi connectivity index (χ3v) is 3.48. The van der Waals surface area contributed by atoms with E-state index in [2.05, 4.69) is 72.5 Å². The van der Waals surface area contributed by atoms with Gasteiger partial charge in [0.25, 0.3) is 0 Å². The van der Waals surface area contributed by atoms with Gasteiger partial charge >= 0.3 is 0 Å². The van der Waals surface area contributed by atoms with E-state index in [0.29, 0.717) is 5.95 Å². The molecular formula is C17H16N3. The first-order chi connectivity index (χ1) is 9.65. The van der Waals surface area contributed by atoms with Crippen molar-refractivity contribution >= 4 is 5.95 Å². The zero-order valence-corrected chi connectivity index (χ0v) is 11.6. The van der Waals surface area contributed by atoms with Gasteiger partial charge in [-0.1, -0.05) is 42.5 Å². The smallest absolute Gasteiger partial charge is 0.198 e. The van der Waals surface area contributed by atoms with E-state index < -0.39 is 0 Å². The summed E-state index contributed by atoms with van der Waals surface area (Å²) in [7, 11) is 0. The summed E-state index contributed by atoms with van der Waals surface area (Å²) in [5, 5.41) is 0. The molecule has 99 valence electrons. The number of hydrogen-bond acceptors (Lipinski definition) is 2. The number of nitrogens with one attached hydrogen (secondary N) is 1. The van der Waals surface area contributed by atoms with Crippen LogP contribution >= 0.6 is 0 Å². The van der Waals surface area contributed by atoms with E-state index in [1.165, 1.54) is 22.3 Å². The van der Waals surface area contributed by atoms with Crippen LogP contribution in [0.2, 0.25) is 0 Å². The lowest BCUT2D eigenvalue weighted by atomic mass is 9.95. The summed E-state index contributed by atoms with van der Waals surface area (Å²) in [6.07, 6.45) is 2.87. The lowest BCUT2D eigenvalue weighted by Crippen LogP contribution is -1.88. The Bertz CT molecular complexity index is 719. The highest BCUT2D eigenvalue weighted by Gasteiger charge is 2.06. The van der Waals surface area contributed by atoms with Crippen LogP contribution in [0.1, 0.15) is 11.1 Å². The monoisotopic (exact) mass is 262 g/mol. The van der Waals surface area contributed by atoms with Crippen LogP contribution in [0, 0.1) is 20.0 Å². The maximum Gasteiger partial charge on any atom is 0.198 e. The third kappa shape index (κ3) is 2.18. The second kappa shape index (κ2) is 4.85. The van der Waals surface area contributed by atoms with Gasteiger partial charge in [-0.15, -0.1) is 0 Å². The molecule has 20 heavy (non-hydrogen) atoms. The molecule has 3 aromatic rings. The van der Waals surface area contributed by atoms with Crippen LogP contribution in [0.3, 0.4) is 0 Å². The number of rotatable bonds is 2. The minimum Gasteiger partial charge on any atom is -0.369 e. The average Bonchev–Trinajstić information content (AvgIpc) is 2.86. The van der Waals surface area contributed by atoms with Crippen LogP contribution in [0.4, 0.5) is 5.95 Å². The number of nitrogen functional groups attached to an aromatic ring is 1. The molecule has 0 saturated carbocycles. The molecule has 3 rings (SSSR count). The summed E-state index contributed by atoms with van der Waals surface area (Å²) in [6.45, 7) is 4.28. The Morgan fingerprint density at radius 2 is 1.55 bits per heavy atom. The Morgan fingerprint density at radius 3 is 2.10 bits per heavy atom.